The summed E-state index contributed by atoms with van der Waals surface area (Å²) in [6, 6.07) is 19.9. The molecule has 0 saturated carbocycles. The van der Waals surface area contributed by atoms with Crippen molar-refractivity contribution in [1.82, 2.24) is 4.90 Å². The second-order valence-electron chi connectivity index (χ2n) is 8.13. The van der Waals surface area contributed by atoms with Crippen LogP contribution >= 0.6 is 11.8 Å². The van der Waals surface area contributed by atoms with Crippen molar-refractivity contribution in [3.8, 4) is 5.75 Å². The molecule has 0 aromatic heterocycles. The van der Waals surface area contributed by atoms with Gasteiger partial charge in [-0.1, -0.05) is 62.6 Å². The minimum Gasteiger partial charge on any atom is -0.494 e. The van der Waals surface area contributed by atoms with Gasteiger partial charge in [0.15, 0.2) is 0 Å². The third-order valence-electron chi connectivity index (χ3n) is 4.61. The zero-order valence-corrected chi connectivity index (χ0v) is 24.0. The molecule has 0 atom stereocenters. The molecule has 0 radical (unpaired) electrons. The van der Waals surface area contributed by atoms with E-state index in [2.05, 4.69) is 40.9 Å². The Morgan fingerprint density at radius 3 is 1.94 bits per heavy atom. The lowest BCUT2D eigenvalue weighted by Crippen LogP contribution is -2.12. The Bertz CT molecular complexity index is 742. The minimum atomic E-state index is 0.639. The van der Waals surface area contributed by atoms with Crippen molar-refractivity contribution in [2.75, 3.05) is 60.1 Å². The molecule has 0 saturated heterocycles. The first kappa shape index (κ1) is 33.7. The normalized spacial score (nSPS) is 10.9. The number of nitrogens with zero attached hydrogens (tertiary/aromatic N) is 3. The molecule has 7 heteroatoms. The topological polar surface area (TPSA) is 55.7 Å². The average molecular weight is 518 g/mol. The van der Waals surface area contributed by atoms with Gasteiger partial charge in [-0.25, -0.2) is 0 Å². The smallest absolute Gasteiger partial charge is 0.218 e. The highest BCUT2D eigenvalue weighted by Crippen LogP contribution is 2.12. The molecule has 0 fully saturated rings. The largest absolute Gasteiger partial charge is 0.494 e. The number of thioether (sulfide) groups is 1. The molecule has 202 valence electrons. The van der Waals surface area contributed by atoms with Gasteiger partial charge >= 0.3 is 0 Å². The van der Waals surface area contributed by atoms with Crippen LogP contribution in [0.25, 0.3) is 0 Å². The first-order valence-electron chi connectivity index (χ1n) is 12.6. The first-order chi connectivity index (χ1) is 17.6. The van der Waals surface area contributed by atoms with Gasteiger partial charge in [0.25, 0.3) is 0 Å². The maximum absolute atomic E-state index is 5.81. The summed E-state index contributed by atoms with van der Waals surface area (Å²) in [5.41, 5.74) is 0.991. The molecule has 36 heavy (non-hydrogen) atoms. The number of hydrogen-bond donors (Lipinski definition) is 0. The van der Waals surface area contributed by atoms with E-state index in [1.807, 2.05) is 60.7 Å². The van der Waals surface area contributed by atoms with Crippen LogP contribution in [0.3, 0.4) is 0 Å². The van der Waals surface area contributed by atoms with Crippen molar-refractivity contribution in [2.24, 2.45) is 10.2 Å². The van der Waals surface area contributed by atoms with Crippen LogP contribution in [0.15, 0.2) is 70.9 Å². The zero-order valence-electron chi connectivity index (χ0n) is 23.2. The van der Waals surface area contributed by atoms with Gasteiger partial charge in [-0.3, -0.25) is 0 Å². The molecule has 0 heterocycles. The zero-order chi connectivity index (χ0) is 26.7. The van der Waals surface area contributed by atoms with Gasteiger partial charge < -0.3 is 19.1 Å². The van der Waals surface area contributed by atoms with E-state index in [4.69, 9.17) is 9.47 Å². The molecule has 6 nitrogen and oxygen atoms in total. The molecule has 0 aliphatic carbocycles. The Hall–Kier alpha value is -2.35. The van der Waals surface area contributed by atoms with Crippen LogP contribution in [-0.2, 0) is 9.47 Å². The van der Waals surface area contributed by atoms with Crippen LogP contribution in [0, 0.1) is 0 Å². The number of rotatable bonds is 14. The molecule has 0 amide bonds. The third kappa shape index (κ3) is 22.1. The number of unbranched alkanes of at least 4 members (excludes halogenated alkanes) is 4. The Morgan fingerprint density at radius 1 is 0.861 bits per heavy atom. The Kier molecular flexibility index (Phi) is 24.1. The summed E-state index contributed by atoms with van der Waals surface area (Å²) in [5, 5.41) is 8.21. The van der Waals surface area contributed by atoms with E-state index in [-0.39, 0.29) is 0 Å². The monoisotopic (exact) mass is 517 g/mol. The van der Waals surface area contributed by atoms with E-state index in [1.54, 1.807) is 39.3 Å². The van der Waals surface area contributed by atoms with E-state index in [0.29, 0.717) is 5.90 Å². The van der Waals surface area contributed by atoms with E-state index in [9.17, 15) is 0 Å². The fourth-order valence-corrected chi connectivity index (χ4v) is 3.32. The summed E-state index contributed by atoms with van der Waals surface area (Å²) in [7, 11) is 9.13. The lowest BCUT2D eigenvalue weighted by atomic mass is 10.1. The minimum absolute atomic E-state index is 0.639. The molecule has 2 rings (SSSR count). The van der Waals surface area contributed by atoms with Gasteiger partial charge in [0, 0.05) is 14.2 Å². The molecular weight excluding hydrogens is 470 g/mol. The molecule has 2 aromatic rings. The molecule has 0 spiro atoms. The van der Waals surface area contributed by atoms with Gasteiger partial charge in [-0.05, 0) is 69.1 Å². The second-order valence-corrected chi connectivity index (χ2v) is 9.41. The van der Waals surface area contributed by atoms with Crippen molar-refractivity contribution in [3.63, 3.8) is 0 Å². The molecule has 2 aromatic carbocycles. The van der Waals surface area contributed by atoms with Crippen LogP contribution in [0.5, 0.6) is 5.75 Å². The summed E-state index contributed by atoms with van der Waals surface area (Å²) < 4.78 is 15.3. The Morgan fingerprint density at radius 2 is 1.42 bits per heavy atom. The highest BCUT2D eigenvalue weighted by Gasteiger charge is 1.98. The van der Waals surface area contributed by atoms with Gasteiger partial charge in [0.05, 0.1) is 25.7 Å². The van der Waals surface area contributed by atoms with Crippen LogP contribution in [0.1, 0.15) is 44.6 Å². The van der Waals surface area contributed by atoms with E-state index < -0.39 is 0 Å². The molecule has 0 aliphatic rings. The van der Waals surface area contributed by atoms with Gasteiger partial charge in [-0.2, -0.15) is 16.9 Å². The van der Waals surface area contributed by atoms with Gasteiger partial charge in [0.2, 0.25) is 5.90 Å². The van der Waals surface area contributed by atoms with Crippen LogP contribution in [-0.4, -0.2) is 77.1 Å². The highest BCUT2D eigenvalue weighted by atomic mass is 32.2. The second kappa shape index (κ2) is 25.7. The van der Waals surface area contributed by atoms with E-state index in [0.717, 1.165) is 35.8 Å². The molecule has 0 aliphatic heterocycles. The van der Waals surface area contributed by atoms with Crippen LogP contribution < -0.4 is 4.74 Å². The third-order valence-corrected chi connectivity index (χ3v) is 5.47. The predicted molar refractivity (Wildman–Crippen MR) is 158 cm³/mol. The lowest BCUT2D eigenvalue weighted by molar-refractivity contribution is 0.277. The molecule has 0 unspecified atom stereocenters. The van der Waals surface area contributed by atoms with Crippen molar-refractivity contribution < 1.29 is 14.2 Å². The number of benzene rings is 2. The van der Waals surface area contributed by atoms with Crippen LogP contribution in [0.2, 0.25) is 0 Å². The van der Waals surface area contributed by atoms with Crippen molar-refractivity contribution in [3.05, 3.63) is 66.2 Å². The fraction of sp³-hybridized carbons (Fsp3) is 0.517. The quantitative estimate of drug-likeness (QED) is 0.121. The summed E-state index contributed by atoms with van der Waals surface area (Å²) >= 11 is 1.76. The first-order valence-corrected chi connectivity index (χ1v) is 13.7. The molecular formula is C29H47N3O3S. The summed E-state index contributed by atoms with van der Waals surface area (Å²) in [6.45, 7) is 4.07. The van der Waals surface area contributed by atoms with Crippen LogP contribution in [0.4, 0.5) is 0 Å². The predicted octanol–water partition coefficient (Wildman–Crippen LogP) is 6.66. The average Bonchev–Trinajstić information content (AvgIpc) is 2.90. The SMILES string of the molecule is CCSC/C(=N/N=C/c1ccc(OCCCCCCCN(C)C)cc1)OC.COC.c1ccccc1. The maximum Gasteiger partial charge on any atom is 0.218 e. The number of hydrogen-bond acceptors (Lipinski definition) is 7. The van der Waals surface area contributed by atoms with E-state index in [1.165, 1.54) is 32.2 Å². The standard InChI is InChI=1S/C21H35N3O2S.C6H6.C2H6O/c1-5-27-18-21(25-4)23-22-17-19-11-13-20(14-12-19)26-16-10-8-6-7-9-15-24(2)3;1-2-4-6-5-3-1;1-3-2/h11-14,17H,5-10,15-16,18H2,1-4H3;1-6H;1-2H3/b22-17+,23-21-;;. The summed E-state index contributed by atoms with van der Waals surface area (Å²) in [5.74, 6) is 3.32. The highest BCUT2D eigenvalue weighted by molar-refractivity contribution is 7.99. The molecule has 0 bridgehead atoms. The fourth-order valence-electron chi connectivity index (χ4n) is 2.76. The maximum atomic E-state index is 5.81. The van der Waals surface area contributed by atoms with Crippen molar-refractivity contribution >= 4 is 23.9 Å². The molecule has 0 N–H and O–H groups in total. The summed E-state index contributed by atoms with van der Waals surface area (Å²) in [6.07, 6.45) is 7.94. The Balaban J connectivity index is 0.00000114. The van der Waals surface area contributed by atoms with Crippen molar-refractivity contribution in [2.45, 2.75) is 39.0 Å². The Labute approximate surface area is 224 Å². The lowest BCUT2D eigenvalue weighted by Gasteiger charge is -2.09. The van der Waals surface area contributed by atoms with Gasteiger partial charge in [-0.15, -0.1) is 5.10 Å². The number of methoxy groups -OCH3 is 2. The van der Waals surface area contributed by atoms with Crippen molar-refractivity contribution in [1.29, 1.82) is 0 Å². The number of ether oxygens (including phenoxy) is 3. The van der Waals surface area contributed by atoms with E-state index >= 15 is 0 Å². The summed E-state index contributed by atoms with van der Waals surface area (Å²) in [4.78, 5) is 2.24. The van der Waals surface area contributed by atoms with Gasteiger partial charge in [0.1, 0.15) is 5.75 Å².